The van der Waals surface area contributed by atoms with E-state index in [0.29, 0.717) is 6.07 Å². The third-order valence-corrected chi connectivity index (χ3v) is 4.73. The molecule has 0 aliphatic rings. The van der Waals surface area contributed by atoms with Gasteiger partial charge in [-0.3, -0.25) is 0 Å². The number of benzene rings is 2. The van der Waals surface area contributed by atoms with Gasteiger partial charge in [0, 0.05) is 4.47 Å². The average Bonchev–Trinajstić information content (AvgIpc) is 2.37. The van der Waals surface area contributed by atoms with Crippen molar-refractivity contribution in [2.24, 2.45) is 0 Å². The van der Waals surface area contributed by atoms with Gasteiger partial charge in [0.25, 0.3) is 0 Å². The Bertz CT molecular complexity index is 757. The van der Waals surface area contributed by atoms with E-state index in [1.165, 1.54) is 18.2 Å². The van der Waals surface area contributed by atoms with E-state index in [9.17, 15) is 21.6 Å². The van der Waals surface area contributed by atoms with Crippen LogP contribution in [0.25, 0.3) is 0 Å². The van der Waals surface area contributed by atoms with Crippen molar-refractivity contribution in [2.45, 2.75) is 11.1 Å². The Morgan fingerprint density at radius 1 is 1.00 bits per heavy atom. The van der Waals surface area contributed by atoms with Crippen LogP contribution < -0.4 is 4.18 Å². The standard InChI is InChI=1S/C13H8BrF3O3S/c14-11-6-1-2-7-12(11)21(18,19)20-10-5-3-4-9(8-10)13(15,16)17/h1-8H. The van der Waals surface area contributed by atoms with Crippen LogP contribution >= 0.6 is 15.9 Å². The summed E-state index contributed by atoms with van der Waals surface area (Å²) in [5, 5.41) is 0. The van der Waals surface area contributed by atoms with Crippen LogP contribution in [0.5, 0.6) is 5.75 Å². The molecular formula is C13H8BrF3O3S. The smallest absolute Gasteiger partial charge is 0.379 e. The maximum atomic E-state index is 12.6. The van der Waals surface area contributed by atoms with Crippen LogP contribution in [0.15, 0.2) is 57.9 Å². The topological polar surface area (TPSA) is 43.4 Å². The molecular weight excluding hydrogens is 373 g/mol. The van der Waals surface area contributed by atoms with E-state index in [0.717, 1.165) is 18.2 Å². The summed E-state index contributed by atoms with van der Waals surface area (Å²) in [6, 6.07) is 9.54. The molecule has 0 aromatic heterocycles. The summed E-state index contributed by atoms with van der Waals surface area (Å²) in [6.07, 6.45) is -4.57. The normalized spacial score (nSPS) is 12.2. The van der Waals surface area contributed by atoms with Gasteiger partial charge in [-0.2, -0.15) is 21.6 Å². The minimum absolute atomic E-state index is 0.164. The van der Waals surface area contributed by atoms with Crippen LogP contribution in [-0.4, -0.2) is 8.42 Å². The highest BCUT2D eigenvalue weighted by molar-refractivity contribution is 9.10. The molecule has 0 saturated heterocycles. The van der Waals surface area contributed by atoms with E-state index in [4.69, 9.17) is 4.18 Å². The molecule has 0 aliphatic carbocycles. The van der Waals surface area contributed by atoms with Gasteiger partial charge in [0.1, 0.15) is 10.6 Å². The van der Waals surface area contributed by atoms with E-state index >= 15 is 0 Å². The van der Waals surface area contributed by atoms with E-state index in [1.807, 2.05) is 0 Å². The number of halogens is 4. The Hall–Kier alpha value is -1.54. The largest absolute Gasteiger partial charge is 0.416 e. The fourth-order valence-electron chi connectivity index (χ4n) is 1.54. The Labute approximate surface area is 127 Å². The Kier molecular flexibility index (Phi) is 4.29. The Morgan fingerprint density at radius 3 is 2.29 bits per heavy atom. The van der Waals surface area contributed by atoms with Crippen molar-refractivity contribution in [3.63, 3.8) is 0 Å². The number of alkyl halides is 3. The summed E-state index contributed by atoms with van der Waals surface area (Å²) in [7, 11) is -4.22. The summed E-state index contributed by atoms with van der Waals surface area (Å²) in [5.41, 5.74) is -0.984. The number of hydrogen-bond acceptors (Lipinski definition) is 3. The second-order valence-electron chi connectivity index (χ2n) is 3.99. The third kappa shape index (κ3) is 3.76. The quantitative estimate of drug-likeness (QED) is 0.748. The summed E-state index contributed by atoms with van der Waals surface area (Å²) in [5.74, 6) is -0.402. The molecule has 0 heterocycles. The van der Waals surface area contributed by atoms with Gasteiger partial charge < -0.3 is 4.18 Å². The first-order valence-electron chi connectivity index (χ1n) is 5.56. The zero-order valence-corrected chi connectivity index (χ0v) is 12.7. The van der Waals surface area contributed by atoms with E-state index in [2.05, 4.69) is 15.9 Å². The molecule has 2 rings (SSSR count). The van der Waals surface area contributed by atoms with Crippen molar-refractivity contribution < 1.29 is 25.8 Å². The summed E-state index contributed by atoms with van der Waals surface area (Å²) in [6.45, 7) is 0. The lowest BCUT2D eigenvalue weighted by Gasteiger charge is -2.11. The summed E-state index contributed by atoms with van der Waals surface area (Å²) >= 11 is 3.05. The van der Waals surface area contributed by atoms with E-state index in [1.54, 1.807) is 6.07 Å². The fourth-order valence-corrected chi connectivity index (χ4v) is 3.42. The molecule has 0 saturated carbocycles. The lowest BCUT2D eigenvalue weighted by molar-refractivity contribution is -0.137. The van der Waals surface area contributed by atoms with Gasteiger partial charge >= 0.3 is 16.3 Å². The van der Waals surface area contributed by atoms with Gasteiger partial charge in [-0.25, -0.2) is 0 Å². The van der Waals surface area contributed by atoms with Crippen molar-refractivity contribution in [3.8, 4) is 5.75 Å². The van der Waals surface area contributed by atoms with Gasteiger partial charge in [-0.05, 0) is 46.3 Å². The SMILES string of the molecule is O=S(=O)(Oc1cccc(C(F)(F)F)c1)c1ccccc1Br. The first-order chi connectivity index (χ1) is 9.70. The molecule has 2 aromatic carbocycles. The van der Waals surface area contributed by atoms with E-state index in [-0.39, 0.29) is 9.37 Å². The lowest BCUT2D eigenvalue weighted by Crippen LogP contribution is -2.11. The highest BCUT2D eigenvalue weighted by atomic mass is 79.9. The van der Waals surface area contributed by atoms with Crippen LogP contribution in [0.4, 0.5) is 13.2 Å². The predicted octanol–water partition coefficient (Wildman–Crippen LogP) is 4.24. The molecule has 0 unspecified atom stereocenters. The molecule has 0 bridgehead atoms. The fraction of sp³-hybridized carbons (Fsp3) is 0.0769. The molecule has 112 valence electrons. The first kappa shape index (κ1) is 15.8. The maximum absolute atomic E-state index is 12.6. The molecule has 0 amide bonds. The van der Waals surface area contributed by atoms with Crippen molar-refractivity contribution in [1.82, 2.24) is 0 Å². The predicted molar refractivity (Wildman–Crippen MR) is 73.4 cm³/mol. The summed E-state index contributed by atoms with van der Waals surface area (Å²) in [4.78, 5) is -0.164. The average molecular weight is 381 g/mol. The highest BCUT2D eigenvalue weighted by Gasteiger charge is 2.31. The van der Waals surface area contributed by atoms with Gasteiger partial charge in [0.2, 0.25) is 0 Å². The van der Waals surface area contributed by atoms with Crippen molar-refractivity contribution in [3.05, 3.63) is 58.6 Å². The zero-order chi connectivity index (χ0) is 15.7. The molecule has 2 aromatic rings. The Balaban J connectivity index is 2.36. The maximum Gasteiger partial charge on any atom is 0.416 e. The molecule has 21 heavy (non-hydrogen) atoms. The second-order valence-corrected chi connectivity index (χ2v) is 6.36. The van der Waals surface area contributed by atoms with Crippen LogP contribution in [0.2, 0.25) is 0 Å². The minimum atomic E-state index is -4.57. The lowest BCUT2D eigenvalue weighted by atomic mass is 10.2. The molecule has 0 radical (unpaired) electrons. The van der Waals surface area contributed by atoms with Crippen molar-refractivity contribution >= 4 is 26.0 Å². The van der Waals surface area contributed by atoms with Crippen molar-refractivity contribution in [2.75, 3.05) is 0 Å². The van der Waals surface area contributed by atoms with Crippen LogP contribution in [0, 0.1) is 0 Å². The van der Waals surface area contributed by atoms with Gasteiger partial charge in [0.15, 0.2) is 0 Å². The van der Waals surface area contributed by atoms with Crippen molar-refractivity contribution in [1.29, 1.82) is 0 Å². The monoisotopic (exact) mass is 380 g/mol. The van der Waals surface area contributed by atoms with Gasteiger partial charge in [-0.1, -0.05) is 18.2 Å². The Morgan fingerprint density at radius 2 is 1.67 bits per heavy atom. The second kappa shape index (κ2) is 5.69. The third-order valence-electron chi connectivity index (χ3n) is 2.47. The van der Waals surface area contributed by atoms with Gasteiger partial charge in [-0.15, -0.1) is 0 Å². The minimum Gasteiger partial charge on any atom is -0.379 e. The number of hydrogen-bond donors (Lipinski definition) is 0. The van der Waals surface area contributed by atoms with Gasteiger partial charge in [0.05, 0.1) is 5.56 Å². The van der Waals surface area contributed by atoms with Crippen LogP contribution in [0.1, 0.15) is 5.56 Å². The first-order valence-corrected chi connectivity index (χ1v) is 7.76. The molecule has 3 nitrogen and oxygen atoms in total. The van der Waals surface area contributed by atoms with Crippen LogP contribution in [-0.2, 0) is 16.3 Å². The molecule has 0 N–H and O–H groups in total. The zero-order valence-electron chi connectivity index (χ0n) is 10.3. The highest BCUT2D eigenvalue weighted by Crippen LogP contribution is 2.32. The molecule has 0 aliphatic heterocycles. The molecule has 0 atom stereocenters. The summed E-state index contributed by atoms with van der Waals surface area (Å²) < 4.78 is 66.8. The molecule has 0 spiro atoms. The number of rotatable bonds is 3. The molecule has 0 fully saturated rings. The van der Waals surface area contributed by atoms with E-state index < -0.39 is 27.6 Å². The molecule has 8 heteroatoms. The van der Waals surface area contributed by atoms with Crippen LogP contribution in [0.3, 0.4) is 0 Å².